The molecular formula is C16H27NO. The summed E-state index contributed by atoms with van der Waals surface area (Å²) in [5.74, 6) is 0.961. The van der Waals surface area contributed by atoms with Gasteiger partial charge in [0.2, 0.25) is 0 Å². The highest BCUT2D eigenvalue weighted by Crippen LogP contribution is 2.40. The Bertz CT molecular complexity index is 407. The van der Waals surface area contributed by atoms with E-state index in [-0.39, 0.29) is 11.9 Å². The van der Waals surface area contributed by atoms with E-state index in [0.29, 0.717) is 11.8 Å². The molecule has 0 saturated carbocycles. The third kappa shape index (κ3) is 2.38. The maximum Gasteiger partial charge on any atom is 0.258 e. The zero-order valence-corrected chi connectivity index (χ0v) is 13.1. The molecule has 1 amide bonds. The Labute approximate surface area is 112 Å². The molecule has 0 aromatic carbocycles. The zero-order valence-electron chi connectivity index (χ0n) is 13.1. The first-order chi connectivity index (χ1) is 8.20. The van der Waals surface area contributed by atoms with Crippen molar-refractivity contribution in [3.8, 4) is 0 Å². The van der Waals surface area contributed by atoms with Gasteiger partial charge < -0.3 is 4.90 Å². The van der Waals surface area contributed by atoms with Crippen LogP contribution in [0.25, 0.3) is 0 Å². The van der Waals surface area contributed by atoms with E-state index in [1.54, 1.807) is 0 Å². The van der Waals surface area contributed by atoms with Crippen LogP contribution in [0.1, 0.15) is 55.4 Å². The molecule has 0 unspecified atom stereocenters. The second-order valence-corrected chi connectivity index (χ2v) is 6.25. The van der Waals surface area contributed by atoms with Gasteiger partial charge in [0.15, 0.2) is 0 Å². The maximum absolute atomic E-state index is 12.6. The van der Waals surface area contributed by atoms with Crippen molar-refractivity contribution in [1.29, 1.82) is 0 Å². The first-order valence-corrected chi connectivity index (χ1v) is 6.95. The topological polar surface area (TPSA) is 20.3 Å². The van der Waals surface area contributed by atoms with Gasteiger partial charge in [-0.15, -0.1) is 0 Å². The monoisotopic (exact) mass is 249 g/mol. The Morgan fingerprint density at radius 1 is 0.944 bits per heavy atom. The predicted molar refractivity (Wildman–Crippen MR) is 77.1 cm³/mol. The zero-order chi connectivity index (χ0) is 14.2. The number of carbonyl (C=O) groups excluding carboxylic acids is 1. The highest BCUT2D eigenvalue weighted by molar-refractivity contribution is 6.03. The summed E-state index contributed by atoms with van der Waals surface area (Å²) >= 11 is 0. The Morgan fingerprint density at radius 3 is 1.72 bits per heavy atom. The molecule has 2 heteroatoms. The average Bonchev–Trinajstić information content (AvgIpc) is 2.51. The standard InChI is InChI=1S/C16H27NO/c1-9(2)13-14(10(3)4)16(18)17(12(7)8)15(13)11(5)6/h9,11-12H,1-8H3. The van der Waals surface area contributed by atoms with Gasteiger partial charge in [0.05, 0.1) is 0 Å². The van der Waals surface area contributed by atoms with Crippen LogP contribution < -0.4 is 0 Å². The summed E-state index contributed by atoms with van der Waals surface area (Å²) in [6.45, 7) is 17.0. The Morgan fingerprint density at radius 2 is 1.44 bits per heavy atom. The second kappa shape index (κ2) is 5.29. The van der Waals surface area contributed by atoms with Crippen LogP contribution in [0, 0.1) is 11.8 Å². The molecule has 18 heavy (non-hydrogen) atoms. The molecule has 102 valence electrons. The fourth-order valence-electron chi connectivity index (χ4n) is 2.77. The van der Waals surface area contributed by atoms with E-state index in [0.717, 1.165) is 11.1 Å². The molecule has 0 aromatic rings. The van der Waals surface area contributed by atoms with Crippen molar-refractivity contribution in [3.05, 3.63) is 22.4 Å². The van der Waals surface area contributed by atoms with E-state index >= 15 is 0 Å². The van der Waals surface area contributed by atoms with Crippen molar-refractivity contribution >= 4 is 5.91 Å². The van der Waals surface area contributed by atoms with E-state index in [9.17, 15) is 4.79 Å². The minimum absolute atomic E-state index is 0.192. The fraction of sp³-hybridized carbons (Fsp3) is 0.688. The van der Waals surface area contributed by atoms with E-state index in [1.165, 1.54) is 11.3 Å². The normalized spacial score (nSPS) is 16.9. The second-order valence-electron chi connectivity index (χ2n) is 6.25. The van der Waals surface area contributed by atoms with Crippen LogP contribution in [-0.4, -0.2) is 16.8 Å². The third-order valence-electron chi connectivity index (χ3n) is 3.38. The molecule has 0 aliphatic carbocycles. The average molecular weight is 249 g/mol. The number of nitrogens with zero attached hydrogens (tertiary/aromatic N) is 1. The van der Waals surface area contributed by atoms with E-state index in [2.05, 4.69) is 41.5 Å². The molecule has 0 aromatic heterocycles. The van der Waals surface area contributed by atoms with Gasteiger partial charge in [-0.05, 0) is 45.1 Å². The maximum atomic E-state index is 12.6. The lowest BCUT2D eigenvalue weighted by molar-refractivity contribution is -0.125. The molecular weight excluding hydrogens is 222 g/mol. The fourth-order valence-corrected chi connectivity index (χ4v) is 2.77. The van der Waals surface area contributed by atoms with Gasteiger partial charge in [0.25, 0.3) is 5.91 Å². The number of allylic oxidation sites excluding steroid dienone is 2. The van der Waals surface area contributed by atoms with Crippen molar-refractivity contribution in [2.75, 3.05) is 0 Å². The van der Waals surface area contributed by atoms with Gasteiger partial charge in [-0.1, -0.05) is 33.3 Å². The summed E-state index contributed by atoms with van der Waals surface area (Å²) in [7, 11) is 0. The SMILES string of the molecule is CC(C)=C1C(=O)N(C(C)C)C(C(C)C)=C1C(C)C. The Balaban J connectivity index is 3.55. The number of hydrogen-bond acceptors (Lipinski definition) is 1. The molecule has 0 saturated heterocycles. The molecule has 1 rings (SSSR count). The van der Waals surface area contributed by atoms with Gasteiger partial charge in [0.1, 0.15) is 0 Å². The molecule has 0 spiro atoms. The lowest BCUT2D eigenvalue weighted by atomic mass is 9.90. The number of hydrogen-bond donors (Lipinski definition) is 0. The summed E-state index contributed by atoms with van der Waals surface area (Å²) in [5.41, 5.74) is 4.55. The van der Waals surface area contributed by atoms with Crippen LogP contribution in [-0.2, 0) is 4.79 Å². The summed E-state index contributed by atoms with van der Waals surface area (Å²) in [5, 5.41) is 0. The van der Waals surface area contributed by atoms with Gasteiger partial charge in [0, 0.05) is 17.3 Å². The van der Waals surface area contributed by atoms with Crippen molar-refractivity contribution in [2.45, 2.75) is 61.4 Å². The van der Waals surface area contributed by atoms with Crippen LogP contribution in [0.3, 0.4) is 0 Å². The lowest BCUT2D eigenvalue weighted by Crippen LogP contribution is -2.34. The molecule has 1 aliphatic rings. The lowest BCUT2D eigenvalue weighted by Gasteiger charge is -2.27. The largest absolute Gasteiger partial charge is 0.309 e. The third-order valence-corrected chi connectivity index (χ3v) is 3.38. The summed E-state index contributed by atoms with van der Waals surface area (Å²) in [4.78, 5) is 14.6. The van der Waals surface area contributed by atoms with E-state index < -0.39 is 0 Å². The van der Waals surface area contributed by atoms with Crippen molar-refractivity contribution < 1.29 is 4.79 Å². The highest BCUT2D eigenvalue weighted by atomic mass is 16.2. The number of amides is 1. The smallest absolute Gasteiger partial charge is 0.258 e. The first kappa shape index (κ1) is 15.0. The Hall–Kier alpha value is -1.05. The summed E-state index contributed by atoms with van der Waals surface area (Å²) < 4.78 is 0. The number of carbonyl (C=O) groups is 1. The summed E-state index contributed by atoms with van der Waals surface area (Å²) in [6, 6.07) is 0.223. The Kier molecular flexibility index (Phi) is 4.41. The predicted octanol–water partition coefficient (Wildman–Crippen LogP) is 4.14. The molecule has 2 nitrogen and oxygen atoms in total. The van der Waals surface area contributed by atoms with Gasteiger partial charge in [-0.3, -0.25) is 4.79 Å². The first-order valence-electron chi connectivity index (χ1n) is 6.95. The number of rotatable bonds is 3. The van der Waals surface area contributed by atoms with Crippen molar-refractivity contribution in [2.24, 2.45) is 11.8 Å². The molecule has 0 radical (unpaired) electrons. The van der Waals surface area contributed by atoms with Gasteiger partial charge >= 0.3 is 0 Å². The van der Waals surface area contributed by atoms with Crippen LogP contribution >= 0.6 is 0 Å². The minimum Gasteiger partial charge on any atom is -0.309 e. The van der Waals surface area contributed by atoms with Crippen LogP contribution in [0.5, 0.6) is 0 Å². The van der Waals surface area contributed by atoms with E-state index in [1.807, 2.05) is 18.7 Å². The molecule has 1 heterocycles. The quantitative estimate of drug-likeness (QED) is 0.688. The van der Waals surface area contributed by atoms with Crippen LogP contribution in [0.4, 0.5) is 0 Å². The molecule has 0 fully saturated rings. The van der Waals surface area contributed by atoms with Crippen LogP contribution in [0.15, 0.2) is 22.4 Å². The van der Waals surface area contributed by atoms with Gasteiger partial charge in [-0.25, -0.2) is 0 Å². The molecule has 0 N–H and O–H groups in total. The molecule has 1 aliphatic heterocycles. The van der Waals surface area contributed by atoms with Gasteiger partial charge in [-0.2, -0.15) is 0 Å². The summed E-state index contributed by atoms with van der Waals surface area (Å²) in [6.07, 6.45) is 0. The van der Waals surface area contributed by atoms with Crippen molar-refractivity contribution in [1.82, 2.24) is 4.90 Å². The molecule has 0 atom stereocenters. The highest BCUT2D eigenvalue weighted by Gasteiger charge is 2.38. The van der Waals surface area contributed by atoms with Crippen molar-refractivity contribution in [3.63, 3.8) is 0 Å². The van der Waals surface area contributed by atoms with E-state index in [4.69, 9.17) is 0 Å². The molecule has 0 bridgehead atoms. The van der Waals surface area contributed by atoms with Crippen LogP contribution in [0.2, 0.25) is 0 Å². The minimum atomic E-state index is 0.192.